The van der Waals surface area contributed by atoms with Crippen LogP contribution in [-0.2, 0) is 35.3 Å². The molecular formula is C51H53N3O6-2. The first kappa shape index (κ1) is 39.6. The molecule has 9 rings (SSSR count). The third-order valence-corrected chi connectivity index (χ3v) is 13.3. The van der Waals surface area contributed by atoms with Crippen LogP contribution in [0.15, 0.2) is 90.8 Å². The van der Waals surface area contributed by atoms with E-state index in [4.69, 9.17) is 15.0 Å². The lowest BCUT2D eigenvalue weighted by molar-refractivity contribution is -0.135. The quantitative estimate of drug-likeness (QED) is 0.125. The van der Waals surface area contributed by atoms with Gasteiger partial charge in [0.25, 0.3) is 0 Å². The van der Waals surface area contributed by atoms with Crippen molar-refractivity contribution < 1.29 is 29.6 Å². The van der Waals surface area contributed by atoms with Crippen LogP contribution < -0.4 is 9.72 Å². The molecule has 1 fully saturated rings. The average Bonchev–Trinajstić information content (AvgIpc) is 4.01. The van der Waals surface area contributed by atoms with Gasteiger partial charge in [-0.15, -0.1) is 5.69 Å². The van der Waals surface area contributed by atoms with Crippen LogP contribution in [0.1, 0.15) is 107 Å². The van der Waals surface area contributed by atoms with Gasteiger partial charge in [-0.2, -0.15) is 6.20 Å². The Balaban J connectivity index is 1.10. The summed E-state index contributed by atoms with van der Waals surface area (Å²) in [4.78, 5) is 37.9. The van der Waals surface area contributed by atoms with E-state index in [1.54, 1.807) is 12.3 Å². The molecule has 310 valence electrons. The number of allylic oxidation sites excluding steroid dienone is 1. The summed E-state index contributed by atoms with van der Waals surface area (Å²) in [5.74, 6) is -0.713. The van der Waals surface area contributed by atoms with Crippen molar-refractivity contribution in [2.75, 3.05) is 13.2 Å². The zero-order valence-electron chi connectivity index (χ0n) is 34.0. The lowest BCUT2D eigenvalue weighted by Crippen LogP contribution is -2.37. The van der Waals surface area contributed by atoms with Gasteiger partial charge < -0.3 is 35.3 Å². The summed E-state index contributed by atoms with van der Waals surface area (Å²) in [5, 5.41) is 37.8. The van der Waals surface area contributed by atoms with E-state index in [0.29, 0.717) is 31.4 Å². The topological polar surface area (TPSA) is 148 Å². The van der Waals surface area contributed by atoms with E-state index in [9.17, 15) is 20.1 Å². The number of aromatic hydroxyl groups is 2. The molecule has 0 unspecified atom stereocenters. The van der Waals surface area contributed by atoms with Crippen LogP contribution in [0.2, 0.25) is 0 Å². The first-order valence-electron chi connectivity index (χ1n) is 21.7. The number of phenolic OH excluding ortho intramolecular Hbond substituents is 2. The molecule has 2 aromatic heterocycles. The fourth-order valence-corrected chi connectivity index (χ4v) is 10.2. The summed E-state index contributed by atoms with van der Waals surface area (Å²) in [7, 11) is 0. The Labute approximate surface area is 351 Å². The smallest absolute Gasteiger partial charge is 0.161 e. The van der Waals surface area contributed by atoms with Crippen LogP contribution >= 0.6 is 0 Å². The molecule has 4 aliphatic rings. The highest BCUT2D eigenvalue weighted by Gasteiger charge is 2.41. The number of aromatic amines is 1. The number of rotatable bonds is 6. The number of nitrogens with one attached hydrogen (secondary N) is 1. The predicted octanol–water partition coefficient (Wildman–Crippen LogP) is 9.44. The maximum Gasteiger partial charge on any atom is 0.161 e. The molecule has 4 N–H and O–H groups in total. The Morgan fingerprint density at radius 3 is 2.48 bits per heavy atom. The van der Waals surface area contributed by atoms with Gasteiger partial charge in [0.15, 0.2) is 17.3 Å². The van der Waals surface area contributed by atoms with Gasteiger partial charge in [-0.25, -0.2) is 0 Å². The molecule has 5 aromatic rings. The number of aliphatic hydroxyl groups is 1. The number of benzene rings is 3. The van der Waals surface area contributed by atoms with Gasteiger partial charge in [0.2, 0.25) is 0 Å². The summed E-state index contributed by atoms with van der Waals surface area (Å²) in [6.45, 7) is -0.0617. The van der Waals surface area contributed by atoms with E-state index in [1.807, 2.05) is 54.7 Å². The maximum atomic E-state index is 15.3. The number of nitrogens with zero attached hydrogens (tertiary/aromatic N) is 2. The van der Waals surface area contributed by atoms with Crippen molar-refractivity contribution in [1.29, 1.82) is 0 Å². The van der Waals surface area contributed by atoms with Crippen molar-refractivity contribution in [3.8, 4) is 17.2 Å². The number of Topliss-reactive ketones (excluding diaryl/α,β-unsaturated/α-hetero) is 2. The van der Waals surface area contributed by atoms with Crippen LogP contribution in [0.25, 0.3) is 17.5 Å². The number of hydrogen-bond donors (Lipinski definition) is 4. The Bertz CT molecular complexity index is 2430. The molecule has 0 saturated heterocycles. The fourth-order valence-electron chi connectivity index (χ4n) is 10.2. The van der Waals surface area contributed by atoms with E-state index in [1.165, 1.54) is 0 Å². The minimum absolute atomic E-state index is 0.0303. The number of hydrogen-bond acceptors (Lipinski definition) is 6. The van der Waals surface area contributed by atoms with Gasteiger partial charge >= 0.3 is 0 Å². The van der Waals surface area contributed by atoms with E-state index in [0.717, 1.165) is 100 Å². The van der Waals surface area contributed by atoms with Crippen molar-refractivity contribution in [2.24, 2.45) is 17.8 Å². The van der Waals surface area contributed by atoms with Gasteiger partial charge in [-0.05, 0) is 123 Å². The van der Waals surface area contributed by atoms with Gasteiger partial charge in [0, 0.05) is 36.5 Å². The fraction of sp³-hybridized carbons (Fsp3) is 0.373. The molecule has 1 aliphatic heterocycles. The molecule has 9 heteroatoms. The molecular weight excluding hydrogens is 751 g/mol. The zero-order valence-corrected chi connectivity index (χ0v) is 34.0. The van der Waals surface area contributed by atoms with Gasteiger partial charge in [-0.3, -0.25) is 9.59 Å². The second kappa shape index (κ2) is 17.4. The van der Waals surface area contributed by atoms with Crippen LogP contribution in [-0.4, -0.2) is 51.1 Å². The molecule has 0 amide bonds. The number of fused-ring (bicyclic) bond motifs is 8. The maximum absolute atomic E-state index is 15.3. The van der Waals surface area contributed by atoms with Crippen LogP contribution in [0, 0.1) is 17.8 Å². The van der Waals surface area contributed by atoms with Crippen LogP contribution in [0.5, 0.6) is 17.2 Å². The summed E-state index contributed by atoms with van der Waals surface area (Å²) < 4.78 is 6.42. The standard InChI is InChI=1S/C51H53N3O6/c55-22-19-42-46(57)16-13-34-26-37(49(58)47(28-34)60-39-8-1-2-9-39)25-33-6-3-5-32(23-33)24-36-17-20-53-51(36)54-30-38-29-44-41(18-21-52-44)43(48(38)50(42)59)27-31-11-14-35-7-4-10-45(56)40(35)15-12-31/h3-7,10,12,15,17-18,20-21,23,26,28-29,31,39,42-43,48,53,55-56,58H,1-2,8-9,11,13-14,16,19,22,24-25,27,30H2/q-2/t31-,42-,43-,48+/m0/s1. The van der Waals surface area contributed by atoms with Crippen molar-refractivity contribution in [3.63, 3.8) is 0 Å². The highest BCUT2D eigenvalue weighted by Crippen LogP contribution is 2.47. The third-order valence-electron chi connectivity index (χ3n) is 13.3. The van der Waals surface area contributed by atoms with E-state index in [2.05, 4.69) is 35.3 Å². The van der Waals surface area contributed by atoms with Gasteiger partial charge in [0.05, 0.1) is 12.0 Å². The number of aryl methyl sites for hydroxylation is 2. The normalized spacial score (nSPS) is 22.2. The molecule has 9 nitrogen and oxygen atoms in total. The van der Waals surface area contributed by atoms with Crippen molar-refractivity contribution in [1.82, 2.24) is 9.97 Å². The number of aliphatic hydroxyl groups excluding tert-OH is 1. The van der Waals surface area contributed by atoms with E-state index in [-0.39, 0.29) is 67.0 Å². The summed E-state index contributed by atoms with van der Waals surface area (Å²) in [5.41, 5.74) is 9.30. The molecule has 60 heavy (non-hydrogen) atoms. The average molecular weight is 804 g/mol. The Kier molecular flexibility index (Phi) is 11.5. The van der Waals surface area contributed by atoms with E-state index < -0.39 is 11.8 Å². The van der Waals surface area contributed by atoms with Gasteiger partial charge in [-0.1, -0.05) is 96.0 Å². The molecule has 3 aromatic carbocycles. The number of aromatic nitrogens is 2. The summed E-state index contributed by atoms with van der Waals surface area (Å²) >= 11 is 0. The van der Waals surface area contributed by atoms with E-state index >= 15 is 4.79 Å². The number of ether oxygens (including phenoxy) is 1. The largest absolute Gasteiger partial charge is 0.664 e. The minimum Gasteiger partial charge on any atom is -0.664 e. The van der Waals surface area contributed by atoms with Crippen molar-refractivity contribution in [3.05, 3.63) is 146 Å². The molecule has 1 saturated carbocycles. The minimum atomic E-state index is -1.02. The third kappa shape index (κ3) is 8.33. The van der Waals surface area contributed by atoms with Gasteiger partial charge in [0.1, 0.15) is 11.5 Å². The Morgan fingerprint density at radius 1 is 0.833 bits per heavy atom. The first-order chi connectivity index (χ1) is 29.3. The van der Waals surface area contributed by atoms with Crippen LogP contribution in [0.3, 0.4) is 0 Å². The number of phenols is 2. The predicted molar refractivity (Wildman–Crippen MR) is 233 cm³/mol. The monoisotopic (exact) mass is 803 g/mol. The lowest BCUT2D eigenvalue weighted by atomic mass is 9.67. The SMILES string of the molecule is O=C1CCc2cc(c(O)c(OC3CCCC3)c2)Cc2cccc(c2)Cc2cc[nH]c2[N-]CC2=Cc3[n-]ccc3[C@H](C[C@@H]3C=Cc4c(O)cccc4CC3)[C@@H]2C(=O)[C@H]1CCO. The molecule has 4 atom stereocenters. The Hall–Kier alpha value is -5.80. The second-order valence-corrected chi connectivity index (χ2v) is 17.2. The second-order valence-electron chi connectivity index (χ2n) is 17.2. The number of H-pyrrole nitrogens is 1. The summed E-state index contributed by atoms with van der Waals surface area (Å²) in [6, 6.07) is 21.9. The van der Waals surface area contributed by atoms with Crippen molar-refractivity contribution >= 4 is 29.5 Å². The molecule has 0 spiro atoms. The zero-order chi connectivity index (χ0) is 41.2. The molecule has 3 heterocycles. The highest BCUT2D eigenvalue weighted by atomic mass is 16.5. The number of carbonyl (C=O) groups is 2. The number of carbonyl (C=O) groups excluding carboxylic acids is 2. The van der Waals surface area contributed by atoms with Crippen molar-refractivity contribution in [2.45, 2.75) is 89.1 Å². The lowest BCUT2D eigenvalue weighted by Gasteiger charge is -2.38. The summed E-state index contributed by atoms with van der Waals surface area (Å²) in [6.07, 6.45) is 17.8. The Morgan fingerprint density at radius 2 is 1.65 bits per heavy atom. The highest BCUT2D eigenvalue weighted by molar-refractivity contribution is 6.05. The molecule has 3 aliphatic carbocycles. The number of ketones is 2. The molecule has 0 radical (unpaired) electrons. The first-order valence-corrected chi connectivity index (χ1v) is 21.7. The van der Waals surface area contributed by atoms with Crippen LogP contribution in [0.4, 0.5) is 5.82 Å². The molecule has 4 bridgehead atoms.